The fourth-order valence-electron chi connectivity index (χ4n) is 2.55. The van der Waals surface area contributed by atoms with Gasteiger partial charge in [-0.15, -0.1) is 6.58 Å². The molecule has 0 saturated carbocycles. The summed E-state index contributed by atoms with van der Waals surface area (Å²) in [7, 11) is 2.15. The number of hydrogen-bond acceptors (Lipinski definition) is 3. The number of nitrogens with one attached hydrogen (secondary N) is 1. The number of allylic oxidation sites excluding steroid dienone is 1. The Morgan fingerprint density at radius 3 is 2.90 bits per heavy atom. The molecule has 0 unspecified atom stereocenters. The lowest BCUT2D eigenvalue weighted by molar-refractivity contribution is 0.294. The molecule has 0 saturated heterocycles. The molecule has 3 nitrogen and oxygen atoms in total. The molecule has 0 radical (unpaired) electrons. The number of fused-ring (bicyclic) bond motifs is 1. The average molecular weight is 286 g/mol. The van der Waals surface area contributed by atoms with Gasteiger partial charge in [0.05, 0.1) is 6.54 Å². The third kappa shape index (κ3) is 4.19. The number of para-hydroxylation sites is 1. The molecule has 21 heavy (non-hydrogen) atoms. The summed E-state index contributed by atoms with van der Waals surface area (Å²) >= 11 is 0. The fraction of sp³-hybridized carbons (Fsp3) is 0.444. The largest absolute Gasteiger partial charge is 0.459 e. The molecule has 1 N–H and O–H groups in total. The van der Waals surface area contributed by atoms with Crippen LogP contribution in [0.25, 0.3) is 11.0 Å². The number of unbranched alkanes of at least 4 members (excludes halogenated alkanes) is 1. The molecule has 3 heteroatoms. The number of benzene rings is 1. The molecular weight excluding hydrogens is 260 g/mol. The Labute approximate surface area is 127 Å². The number of hydrogen-bond donors (Lipinski definition) is 1. The second-order valence-corrected chi connectivity index (χ2v) is 5.45. The number of furan rings is 1. The first-order valence-corrected chi connectivity index (χ1v) is 7.75. The Balaban J connectivity index is 2.15. The summed E-state index contributed by atoms with van der Waals surface area (Å²) in [5.41, 5.74) is 2.28. The summed E-state index contributed by atoms with van der Waals surface area (Å²) in [6.07, 6.45) is 4.18. The highest BCUT2D eigenvalue weighted by molar-refractivity contribution is 5.82. The van der Waals surface area contributed by atoms with Crippen LogP contribution in [-0.2, 0) is 13.1 Å². The molecule has 1 heterocycles. The smallest absolute Gasteiger partial charge is 0.134 e. The van der Waals surface area contributed by atoms with Gasteiger partial charge in [0.25, 0.3) is 0 Å². The highest BCUT2D eigenvalue weighted by atomic mass is 16.3. The van der Waals surface area contributed by atoms with Crippen LogP contribution in [-0.4, -0.2) is 25.0 Å². The summed E-state index contributed by atoms with van der Waals surface area (Å²) in [6.45, 7) is 9.64. The number of nitrogens with zero attached hydrogens (tertiary/aromatic N) is 1. The van der Waals surface area contributed by atoms with E-state index in [4.69, 9.17) is 4.42 Å². The van der Waals surface area contributed by atoms with Crippen LogP contribution < -0.4 is 5.32 Å². The van der Waals surface area contributed by atoms with Crippen molar-refractivity contribution in [3.05, 3.63) is 48.2 Å². The van der Waals surface area contributed by atoms with E-state index < -0.39 is 0 Å². The van der Waals surface area contributed by atoms with Crippen molar-refractivity contribution >= 4 is 11.0 Å². The second kappa shape index (κ2) is 8.01. The quantitative estimate of drug-likeness (QED) is 0.559. The van der Waals surface area contributed by atoms with Gasteiger partial charge in [0, 0.05) is 17.5 Å². The Bertz CT molecular complexity index is 574. The van der Waals surface area contributed by atoms with Crippen LogP contribution in [0.1, 0.15) is 31.1 Å². The van der Waals surface area contributed by atoms with E-state index >= 15 is 0 Å². The van der Waals surface area contributed by atoms with Crippen molar-refractivity contribution in [2.24, 2.45) is 0 Å². The summed E-state index contributed by atoms with van der Waals surface area (Å²) in [5, 5.41) is 4.65. The maximum atomic E-state index is 6.07. The van der Waals surface area contributed by atoms with E-state index in [2.05, 4.69) is 42.9 Å². The van der Waals surface area contributed by atoms with E-state index in [-0.39, 0.29) is 0 Å². The normalized spacial score (nSPS) is 11.4. The highest BCUT2D eigenvalue weighted by Crippen LogP contribution is 2.26. The Morgan fingerprint density at radius 2 is 2.14 bits per heavy atom. The van der Waals surface area contributed by atoms with Gasteiger partial charge >= 0.3 is 0 Å². The lowest BCUT2D eigenvalue weighted by Gasteiger charge is -2.15. The summed E-state index contributed by atoms with van der Waals surface area (Å²) < 4.78 is 6.07. The zero-order valence-electron chi connectivity index (χ0n) is 13.2. The van der Waals surface area contributed by atoms with Crippen molar-refractivity contribution in [3.63, 3.8) is 0 Å². The third-order valence-corrected chi connectivity index (χ3v) is 3.70. The molecule has 2 aromatic rings. The maximum absolute atomic E-state index is 6.07. The van der Waals surface area contributed by atoms with Crippen LogP contribution >= 0.6 is 0 Å². The SMILES string of the molecule is C=CCCCN(C)Cc1oc2ccccc2c1CNCC. The van der Waals surface area contributed by atoms with Crippen LogP contribution in [0.15, 0.2) is 41.3 Å². The van der Waals surface area contributed by atoms with Gasteiger partial charge in [-0.05, 0) is 39.0 Å². The Hall–Kier alpha value is -1.58. The molecule has 1 aromatic heterocycles. The van der Waals surface area contributed by atoms with Crippen LogP contribution in [0.2, 0.25) is 0 Å². The Morgan fingerprint density at radius 1 is 1.33 bits per heavy atom. The molecule has 0 bridgehead atoms. The maximum Gasteiger partial charge on any atom is 0.134 e. The van der Waals surface area contributed by atoms with Crippen LogP contribution in [0.4, 0.5) is 0 Å². The molecule has 0 aliphatic heterocycles. The predicted molar refractivity (Wildman–Crippen MR) is 89.4 cm³/mol. The van der Waals surface area contributed by atoms with Gasteiger partial charge in [-0.3, -0.25) is 4.90 Å². The topological polar surface area (TPSA) is 28.4 Å². The van der Waals surface area contributed by atoms with Crippen molar-refractivity contribution in [1.82, 2.24) is 10.2 Å². The standard InChI is InChI=1S/C18H26N2O/c1-4-6-9-12-20(3)14-18-16(13-19-5-2)15-10-7-8-11-17(15)21-18/h4,7-8,10-11,19H,1,5-6,9,12-14H2,2-3H3. The summed E-state index contributed by atoms with van der Waals surface area (Å²) in [5.74, 6) is 1.08. The highest BCUT2D eigenvalue weighted by Gasteiger charge is 2.14. The second-order valence-electron chi connectivity index (χ2n) is 5.45. The summed E-state index contributed by atoms with van der Waals surface area (Å²) in [4.78, 5) is 2.32. The van der Waals surface area contributed by atoms with Crippen molar-refractivity contribution in [1.29, 1.82) is 0 Å². The molecule has 0 fully saturated rings. The zero-order chi connectivity index (χ0) is 15.1. The first kappa shape index (κ1) is 15.8. The van der Waals surface area contributed by atoms with Crippen LogP contribution in [0.5, 0.6) is 0 Å². The lowest BCUT2D eigenvalue weighted by atomic mass is 10.1. The molecule has 0 amide bonds. The third-order valence-electron chi connectivity index (χ3n) is 3.70. The van der Waals surface area contributed by atoms with Crippen molar-refractivity contribution in [2.45, 2.75) is 32.9 Å². The molecular formula is C18H26N2O. The van der Waals surface area contributed by atoms with Gasteiger partial charge in [-0.1, -0.05) is 31.2 Å². The molecule has 0 spiro atoms. The van der Waals surface area contributed by atoms with Gasteiger partial charge in [0.15, 0.2) is 0 Å². The van der Waals surface area contributed by atoms with Gasteiger partial charge in [-0.2, -0.15) is 0 Å². The molecule has 2 rings (SSSR count). The lowest BCUT2D eigenvalue weighted by Crippen LogP contribution is -2.20. The molecule has 0 atom stereocenters. The van der Waals surface area contributed by atoms with E-state index in [1.54, 1.807) is 0 Å². The van der Waals surface area contributed by atoms with E-state index in [1.807, 2.05) is 18.2 Å². The van der Waals surface area contributed by atoms with Crippen LogP contribution in [0.3, 0.4) is 0 Å². The van der Waals surface area contributed by atoms with Crippen LogP contribution in [0, 0.1) is 0 Å². The molecule has 0 aliphatic rings. The minimum Gasteiger partial charge on any atom is -0.459 e. The molecule has 0 aliphatic carbocycles. The zero-order valence-corrected chi connectivity index (χ0v) is 13.2. The van der Waals surface area contributed by atoms with Gasteiger partial charge < -0.3 is 9.73 Å². The van der Waals surface area contributed by atoms with E-state index in [9.17, 15) is 0 Å². The van der Waals surface area contributed by atoms with Gasteiger partial charge in [0.2, 0.25) is 0 Å². The minimum atomic E-state index is 0.854. The Kier molecular flexibility index (Phi) is 6.03. The average Bonchev–Trinajstić information content (AvgIpc) is 2.82. The van der Waals surface area contributed by atoms with E-state index in [0.29, 0.717) is 0 Å². The first-order chi connectivity index (χ1) is 10.3. The molecule has 114 valence electrons. The van der Waals surface area contributed by atoms with E-state index in [0.717, 1.165) is 50.4 Å². The number of rotatable bonds is 9. The van der Waals surface area contributed by atoms with Gasteiger partial charge in [-0.25, -0.2) is 0 Å². The van der Waals surface area contributed by atoms with Crippen molar-refractivity contribution in [3.8, 4) is 0 Å². The van der Waals surface area contributed by atoms with E-state index in [1.165, 1.54) is 10.9 Å². The predicted octanol–water partition coefficient (Wildman–Crippen LogP) is 3.94. The minimum absolute atomic E-state index is 0.854. The van der Waals surface area contributed by atoms with Crippen molar-refractivity contribution < 1.29 is 4.42 Å². The summed E-state index contributed by atoms with van der Waals surface area (Å²) in [6, 6.07) is 8.30. The molecule has 1 aromatic carbocycles. The van der Waals surface area contributed by atoms with Gasteiger partial charge in [0.1, 0.15) is 11.3 Å². The monoisotopic (exact) mass is 286 g/mol. The van der Waals surface area contributed by atoms with Crippen molar-refractivity contribution in [2.75, 3.05) is 20.1 Å². The first-order valence-electron chi connectivity index (χ1n) is 7.75. The fourth-order valence-corrected chi connectivity index (χ4v) is 2.55.